The summed E-state index contributed by atoms with van der Waals surface area (Å²) >= 11 is 5.54. The van der Waals surface area contributed by atoms with E-state index in [2.05, 4.69) is 0 Å². The minimum absolute atomic E-state index is 0.0114. The third-order valence-corrected chi connectivity index (χ3v) is 2.86. The Morgan fingerprint density at radius 2 is 2.00 bits per heavy atom. The molecule has 0 spiro atoms. The molecule has 0 aliphatic rings. The minimum Gasteiger partial charge on any atom is -0.496 e. The Morgan fingerprint density at radius 3 is 2.48 bits per heavy atom. The van der Waals surface area contributed by atoms with Gasteiger partial charge in [0.25, 0.3) is 0 Å². The number of methoxy groups -OCH3 is 1. The fourth-order valence-corrected chi connectivity index (χ4v) is 1.64. The van der Waals surface area contributed by atoms with Crippen molar-refractivity contribution in [1.29, 1.82) is 0 Å². The smallest absolute Gasteiger partial charge is 0.471 e. The average Bonchev–Trinajstić information content (AvgIpc) is 2.44. The summed E-state index contributed by atoms with van der Waals surface area (Å²) in [7, 11) is 1.22. The Morgan fingerprint density at radius 1 is 1.39 bits per heavy atom. The van der Waals surface area contributed by atoms with Gasteiger partial charge in [-0.1, -0.05) is 11.6 Å². The zero-order valence-corrected chi connectivity index (χ0v) is 12.3. The van der Waals surface area contributed by atoms with Crippen LogP contribution in [0.5, 0.6) is 5.75 Å². The number of carbonyl (C=O) groups excluding carboxylic acids is 1. The van der Waals surface area contributed by atoms with Crippen molar-refractivity contribution >= 4 is 29.6 Å². The molecule has 0 saturated heterocycles. The molecule has 0 aliphatic heterocycles. The van der Waals surface area contributed by atoms with Crippen LogP contribution in [0.15, 0.2) is 17.7 Å². The van der Waals surface area contributed by atoms with Crippen LogP contribution in [0.4, 0.5) is 17.6 Å². The number of benzene rings is 1. The van der Waals surface area contributed by atoms with E-state index in [1.165, 1.54) is 12.4 Å². The van der Waals surface area contributed by atoms with Crippen molar-refractivity contribution in [2.75, 3.05) is 13.7 Å². The maximum atomic E-state index is 13.4. The molecule has 0 aromatic heterocycles. The molecular formula is C13H10ClF4NO4. The van der Waals surface area contributed by atoms with Crippen LogP contribution in [0.1, 0.15) is 5.56 Å². The standard InChI is InChI=1S/C13H10ClF4NO4/c1-23-10-4-8(14)9(15)3-6(10)2-7(11(20)21)5-19-12(22)13(16,17)18/h2-4H,5H2,1H3,(H,19,22)(H,20,21)/b7-2+. The third-order valence-electron chi connectivity index (χ3n) is 2.57. The van der Waals surface area contributed by atoms with Crippen molar-refractivity contribution < 1.29 is 37.0 Å². The van der Waals surface area contributed by atoms with Crippen LogP contribution < -0.4 is 10.1 Å². The van der Waals surface area contributed by atoms with Gasteiger partial charge in [-0.15, -0.1) is 0 Å². The van der Waals surface area contributed by atoms with Gasteiger partial charge in [0, 0.05) is 11.6 Å². The number of carbonyl (C=O) groups is 2. The fourth-order valence-electron chi connectivity index (χ4n) is 1.49. The quantitative estimate of drug-likeness (QED) is 0.629. The van der Waals surface area contributed by atoms with Crippen LogP contribution in [-0.2, 0) is 9.59 Å². The van der Waals surface area contributed by atoms with E-state index in [1.807, 2.05) is 0 Å². The van der Waals surface area contributed by atoms with E-state index in [-0.39, 0.29) is 16.3 Å². The van der Waals surface area contributed by atoms with E-state index in [1.54, 1.807) is 0 Å². The molecule has 0 radical (unpaired) electrons. The molecule has 5 nitrogen and oxygen atoms in total. The number of carboxylic acid groups (broad SMARTS) is 1. The van der Waals surface area contributed by atoms with Gasteiger partial charge in [0.15, 0.2) is 0 Å². The predicted octanol–water partition coefficient (Wildman–Crippen LogP) is 2.63. The molecule has 2 N–H and O–H groups in total. The highest BCUT2D eigenvalue weighted by molar-refractivity contribution is 6.30. The molecule has 126 valence electrons. The van der Waals surface area contributed by atoms with Gasteiger partial charge in [-0.3, -0.25) is 4.79 Å². The molecule has 1 aromatic carbocycles. The van der Waals surface area contributed by atoms with Crippen molar-refractivity contribution in [3.8, 4) is 5.75 Å². The molecule has 1 rings (SSSR count). The van der Waals surface area contributed by atoms with Crippen LogP contribution in [-0.4, -0.2) is 36.8 Å². The molecule has 0 bridgehead atoms. The van der Waals surface area contributed by atoms with E-state index in [0.717, 1.165) is 18.2 Å². The van der Waals surface area contributed by atoms with Crippen molar-refractivity contribution in [3.63, 3.8) is 0 Å². The number of aliphatic carboxylic acids is 1. The monoisotopic (exact) mass is 355 g/mol. The highest BCUT2D eigenvalue weighted by Gasteiger charge is 2.38. The fraction of sp³-hybridized carbons (Fsp3) is 0.231. The summed E-state index contributed by atoms with van der Waals surface area (Å²) in [5.74, 6) is -4.75. The Kier molecular flexibility index (Phi) is 5.97. The van der Waals surface area contributed by atoms with Gasteiger partial charge in [0.1, 0.15) is 11.6 Å². The van der Waals surface area contributed by atoms with Crippen molar-refractivity contribution in [3.05, 3.63) is 34.1 Å². The molecule has 0 unspecified atom stereocenters. The summed E-state index contributed by atoms with van der Waals surface area (Å²) in [5.41, 5.74) is -0.671. The lowest BCUT2D eigenvalue weighted by Gasteiger charge is -2.10. The number of halogens is 5. The zero-order valence-electron chi connectivity index (χ0n) is 11.5. The number of nitrogens with one attached hydrogen (secondary N) is 1. The molecule has 0 fully saturated rings. The first kappa shape index (κ1) is 18.8. The Labute approximate surface area is 132 Å². The minimum atomic E-state index is -5.15. The van der Waals surface area contributed by atoms with Crippen molar-refractivity contribution in [2.24, 2.45) is 0 Å². The van der Waals surface area contributed by atoms with Crippen LogP contribution in [0.25, 0.3) is 6.08 Å². The Balaban J connectivity index is 3.11. The van der Waals surface area contributed by atoms with Crippen molar-refractivity contribution in [2.45, 2.75) is 6.18 Å². The van der Waals surface area contributed by atoms with Gasteiger partial charge in [0.2, 0.25) is 0 Å². The van der Waals surface area contributed by atoms with Crippen LogP contribution >= 0.6 is 11.6 Å². The molecule has 1 aromatic rings. The predicted molar refractivity (Wildman–Crippen MR) is 72.6 cm³/mol. The molecule has 0 saturated carbocycles. The van der Waals surface area contributed by atoms with Crippen LogP contribution in [0, 0.1) is 5.82 Å². The van der Waals surface area contributed by atoms with Crippen molar-refractivity contribution in [1.82, 2.24) is 5.32 Å². The first-order valence-corrected chi connectivity index (χ1v) is 6.26. The van der Waals surface area contributed by atoms with Crippen LogP contribution in [0.3, 0.4) is 0 Å². The van der Waals surface area contributed by atoms with Gasteiger partial charge in [-0.25, -0.2) is 9.18 Å². The molecule has 10 heteroatoms. The maximum Gasteiger partial charge on any atom is 0.471 e. The summed E-state index contributed by atoms with van der Waals surface area (Å²) in [5, 5.41) is 10.1. The first-order chi connectivity index (χ1) is 10.6. The average molecular weight is 356 g/mol. The van der Waals surface area contributed by atoms with E-state index >= 15 is 0 Å². The highest BCUT2D eigenvalue weighted by Crippen LogP contribution is 2.28. The van der Waals surface area contributed by atoms with Crippen LogP contribution in [0.2, 0.25) is 5.02 Å². The zero-order chi connectivity index (χ0) is 17.8. The van der Waals surface area contributed by atoms with E-state index in [4.69, 9.17) is 21.4 Å². The SMILES string of the molecule is COc1cc(Cl)c(F)cc1/C=C(\CNC(=O)C(F)(F)F)C(=O)O. The van der Waals surface area contributed by atoms with E-state index in [9.17, 15) is 27.2 Å². The topological polar surface area (TPSA) is 75.6 Å². The molecule has 1 amide bonds. The normalized spacial score (nSPS) is 12.0. The Bertz CT molecular complexity index is 658. The van der Waals surface area contributed by atoms with E-state index < -0.39 is 36.0 Å². The summed E-state index contributed by atoms with van der Waals surface area (Å²) in [6.07, 6.45) is -4.27. The van der Waals surface area contributed by atoms with Gasteiger partial charge in [0.05, 0.1) is 24.3 Å². The molecule has 23 heavy (non-hydrogen) atoms. The van der Waals surface area contributed by atoms with Gasteiger partial charge in [-0.05, 0) is 12.1 Å². The molecule has 0 heterocycles. The Hall–Kier alpha value is -2.29. The largest absolute Gasteiger partial charge is 0.496 e. The second kappa shape index (κ2) is 7.32. The summed E-state index contributed by atoms with van der Waals surface area (Å²) < 4.78 is 54.6. The molecule has 0 atom stereocenters. The number of ether oxygens (including phenoxy) is 1. The van der Waals surface area contributed by atoms with E-state index in [0.29, 0.717) is 0 Å². The summed E-state index contributed by atoms with van der Waals surface area (Å²) in [6.45, 7) is -0.916. The molecule has 0 aliphatic carbocycles. The number of rotatable bonds is 5. The first-order valence-electron chi connectivity index (χ1n) is 5.88. The number of hydrogen-bond acceptors (Lipinski definition) is 3. The second-order valence-corrected chi connectivity index (χ2v) is 4.57. The number of carboxylic acids is 1. The van der Waals surface area contributed by atoms with Gasteiger partial charge >= 0.3 is 18.1 Å². The molecular weight excluding hydrogens is 346 g/mol. The lowest BCUT2D eigenvalue weighted by atomic mass is 10.1. The second-order valence-electron chi connectivity index (χ2n) is 4.16. The van der Waals surface area contributed by atoms with Gasteiger partial charge in [-0.2, -0.15) is 13.2 Å². The third kappa shape index (κ3) is 5.13. The van der Waals surface area contributed by atoms with Gasteiger partial charge < -0.3 is 15.2 Å². The lowest BCUT2D eigenvalue weighted by molar-refractivity contribution is -0.173. The highest BCUT2D eigenvalue weighted by atomic mass is 35.5. The summed E-state index contributed by atoms with van der Waals surface area (Å²) in [4.78, 5) is 21.8. The number of alkyl halides is 3. The number of hydrogen-bond donors (Lipinski definition) is 2. The summed E-state index contributed by atoms with van der Waals surface area (Å²) in [6, 6.07) is 1.94. The lowest BCUT2D eigenvalue weighted by Crippen LogP contribution is -2.38. The maximum absolute atomic E-state index is 13.4. The number of amides is 1.